The molecule has 0 aliphatic carbocycles. The number of amides is 1. The van der Waals surface area contributed by atoms with Crippen molar-refractivity contribution in [2.45, 2.75) is 0 Å². The summed E-state index contributed by atoms with van der Waals surface area (Å²) in [5.74, 6) is -0.949. The van der Waals surface area contributed by atoms with Crippen LogP contribution in [0.2, 0.25) is 10.4 Å². The Kier molecular flexibility index (Phi) is 4.34. The molecular weight excluding hydrogens is 360 g/mol. The Morgan fingerprint density at radius 3 is 2.74 bits per heavy atom. The van der Waals surface area contributed by atoms with Crippen molar-refractivity contribution < 1.29 is 9.18 Å². The van der Waals surface area contributed by atoms with Gasteiger partial charge in [-0.2, -0.15) is 0 Å². The summed E-state index contributed by atoms with van der Waals surface area (Å²) in [5, 5.41) is 2.45. The number of benzene rings is 1. The minimum Gasteiger partial charge on any atom is -0.306 e. The SMILES string of the molecule is O=C(Nc1cc(Cl)nc(Cl)n1)c1cccc(F)c1Br. The lowest BCUT2D eigenvalue weighted by molar-refractivity contribution is 0.102. The third-order valence-electron chi connectivity index (χ3n) is 2.11. The number of rotatable bonds is 2. The fourth-order valence-electron chi connectivity index (χ4n) is 1.32. The lowest BCUT2D eigenvalue weighted by atomic mass is 10.2. The number of nitrogens with zero attached hydrogens (tertiary/aromatic N) is 2. The van der Waals surface area contributed by atoms with Gasteiger partial charge in [0, 0.05) is 6.07 Å². The molecule has 19 heavy (non-hydrogen) atoms. The van der Waals surface area contributed by atoms with Gasteiger partial charge in [-0.3, -0.25) is 4.79 Å². The molecule has 1 aromatic heterocycles. The van der Waals surface area contributed by atoms with E-state index in [-0.39, 0.29) is 26.3 Å². The third-order valence-corrected chi connectivity index (χ3v) is 3.27. The maximum atomic E-state index is 13.3. The average molecular weight is 365 g/mol. The van der Waals surface area contributed by atoms with E-state index in [9.17, 15) is 9.18 Å². The summed E-state index contributed by atoms with van der Waals surface area (Å²) < 4.78 is 13.4. The lowest BCUT2D eigenvalue weighted by Gasteiger charge is -2.07. The van der Waals surface area contributed by atoms with E-state index in [0.717, 1.165) is 0 Å². The fraction of sp³-hybridized carbons (Fsp3) is 0. The first-order valence-corrected chi connectivity index (χ1v) is 6.47. The van der Waals surface area contributed by atoms with Crippen molar-refractivity contribution in [3.8, 4) is 0 Å². The van der Waals surface area contributed by atoms with Gasteiger partial charge < -0.3 is 5.32 Å². The highest BCUT2D eigenvalue weighted by Crippen LogP contribution is 2.22. The van der Waals surface area contributed by atoms with Crippen LogP contribution < -0.4 is 5.32 Å². The van der Waals surface area contributed by atoms with Crippen LogP contribution in [0.4, 0.5) is 10.2 Å². The Hall–Kier alpha value is -1.24. The van der Waals surface area contributed by atoms with E-state index >= 15 is 0 Å². The number of carbonyl (C=O) groups is 1. The first-order valence-electron chi connectivity index (χ1n) is 4.93. The summed E-state index contributed by atoms with van der Waals surface area (Å²) in [6.07, 6.45) is 0. The first kappa shape index (κ1) is 14.2. The molecule has 1 heterocycles. The Balaban J connectivity index is 2.28. The standard InChI is InChI=1S/C11H5BrCl2FN3O/c12-9-5(2-1-3-6(9)15)10(19)17-8-4-7(13)16-11(14)18-8/h1-4H,(H,16,17,18,19). The maximum Gasteiger partial charge on any atom is 0.258 e. The molecule has 1 N–H and O–H groups in total. The summed E-state index contributed by atoms with van der Waals surface area (Å²) in [6.45, 7) is 0. The van der Waals surface area contributed by atoms with Crippen LogP contribution in [0.25, 0.3) is 0 Å². The highest BCUT2D eigenvalue weighted by Gasteiger charge is 2.14. The van der Waals surface area contributed by atoms with Crippen molar-refractivity contribution in [3.05, 3.63) is 50.6 Å². The second-order valence-corrected chi connectivity index (χ2v) is 4.92. The van der Waals surface area contributed by atoms with Crippen LogP contribution >= 0.6 is 39.1 Å². The molecule has 2 aromatic rings. The quantitative estimate of drug-likeness (QED) is 0.648. The molecule has 98 valence electrons. The van der Waals surface area contributed by atoms with Gasteiger partial charge in [0.1, 0.15) is 16.8 Å². The van der Waals surface area contributed by atoms with E-state index in [0.29, 0.717) is 0 Å². The van der Waals surface area contributed by atoms with Crippen LogP contribution in [0.1, 0.15) is 10.4 Å². The van der Waals surface area contributed by atoms with Crippen molar-refractivity contribution in [2.24, 2.45) is 0 Å². The van der Waals surface area contributed by atoms with E-state index < -0.39 is 11.7 Å². The smallest absolute Gasteiger partial charge is 0.258 e. The zero-order valence-electron chi connectivity index (χ0n) is 9.12. The zero-order valence-corrected chi connectivity index (χ0v) is 12.2. The molecule has 0 atom stereocenters. The second-order valence-electron chi connectivity index (χ2n) is 3.40. The van der Waals surface area contributed by atoms with Crippen LogP contribution in [-0.4, -0.2) is 15.9 Å². The normalized spacial score (nSPS) is 10.3. The van der Waals surface area contributed by atoms with Gasteiger partial charge in [-0.15, -0.1) is 0 Å². The van der Waals surface area contributed by atoms with E-state index in [1.807, 2.05) is 0 Å². The van der Waals surface area contributed by atoms with Gasteiger partial charge in [0.2, 0.25) is 5.28 Å². The Bertz CT molecular complexity index is 634. The van der Waals surface area contributed by atoms with Gasteiger partial charge in [-0.05, 0) is 39.7 Å². The molecule has 0 fully saturated rings. The average Bonchev–Trinajstić information content (AvgIpc) is 2.31. The van der Waals surface area contributed by atoms with E-state index in [2.05, 4.69) is 31.2 Å². The largest absolute Gasteiger partial charge is 0.306 e. The summed E-state index contributed by atoms with van der Waals surface area (Å²) in [4.78, 5) is 19.4. The minimum atomic E-state index is -0.544. The van der Waals surface area contributed by atoms with Crippen LogP contribution in [-0.2, 0) is 0 Å². The van der Waals surface area contributed by atoms with Crippen molar-refractivity contribution >= 4 is 50.9 Å². The number of aromatic nitrogens is 2. The number of nitrogens with one attached hydrogen (secondary N) is 1. The van der Waals surface area contributed by atoms with Gasteiger partial charge in [-0.1, -0.05) is 17.7 Å². The van der Waals surface area contributed by atoms with Crippen molar-refractivity contribution in [1.29, 1.82) is 0 Å². The van der Waals surface area contributed by atoms with E-state index in [4.69, 9.17) is 23.2 Å². The molecule has 0 saturated carbocycles. The summed E-state index contributed by atoms with van der Waals surface area (Å²) in [6, 6.07) is 5.46. The van der Waals surface area contributed by atoms with E-state index in [1.165, 1.54) is 24.3 Å². The molecule has 0 saturated heterocycles. The molecule has 1 aromatic carbocycles. The first-order chi connectivity index (χ1) is 8.97. The summed E-state index contributed by atoms with van der Waals surface area (Å²) >= 11 is 14.3. The fourth-order valence-corrected chi connectivity index (χ4v) is 2.17. The van der Waals surface area contributed by atoms with Crippen molar-refractivity contribution in [2.75, 3.05) is 5.32 Å². The highest BCUT2D eigenvalue weighted by molar-refractivity contribution is 9.10. The van der Waals surface area contributed by atoms with Crippen LogP contribution in [0, 0.1) is 5.82 Å². The Labute approximate surface area is 126 Å². The third kappa shape index (κ3) is 3.40. The van der Waals surface area contributed by atoms with E-state index in [1.54, 1.807) is 0 Å². The molecule has 1 amide bonds. The van der Waals surface area contributed by atoms with Gasteiger partial charge in [0.25, 0.3) is 5.91 Å². The molecule has 0 radical (unpaired) electrons. The summed E-state index contributed by atoms with van der Waals surface area (Å²) in [7, 11) is 0. The lowest BCUT2D eigenvalue weighted by Crippen LogP contribution is -2.14. The molecule has 0 unspecified atom stereocenters. The number of hydrogen-bond donors (Lipinski definition) is 1. The van der Waals surface area contributed by atoms with Crippen molar-refractivity contribution in [1.82, 2.24) is 9.97 Å². The number of halogens is 4. The van der Waals surface area contributed by atoms with Crippen molar-refractivity contribution in [3.63, 3.8) is 0 Å². The van der Waals surface area contributed by atoms with Crippen LogP contribution in [0.5, 0.6) is 0 Å². The molecule has 0 aliphatic rings. The van der Waals surface area contributed by atoms with Crippen LogP contribution in [0.3, 0.4) is 0 Å². The predicted molar refractivity (Wildman–Crippen MR) is 74.1 cm³/mol. The maximum absolute atomic E-state index is 13.3. The second kappa shape index (κ2) is 5.81. The molecule has 4 nitrogen and oxygen atoms in total. The minimum absolute atomic E-state index is 0.0683. The van der Waals surface area contributed by atoms with Gasteiger partial charge in [-0.25, -0.2) is 14.4 Å². The predicted octanol–water partition coefficient (Wildman–Crippen LogP) is 3.94. The Morgan fingerprint density at radius 2 is 2.05 bits per heavy atom. The number of carbonyl (C=O) groups excluding carboxylic acids is 1. The molecule has 0 aliphatic heterocycles. The number of anilines is 1. The molecular formula is C11H5BrCl2FN3O. The van der Waals surface area contributed by atoms with Gasteiger partial charge in [0.05, 0.1) is 10.0 Å². The monoisotopic (exact) mass is 363 g/mol. The zero-order chi connectivity index (χ0) is 14.0. The molecule has 0 bridgehead atoms. The number of hydrogen-bond acceptors (Lipinski definition) is 3. The van der Waals surface area contributed by atoms with Gasteiger partial charge in [0.15, 0.2) is 0 Å². The van der Waals surface area contributed by atoms with Gasteiger partial charge >= 0.3 is 0 Å². The molecule has 0 spiro atoms. The molecule has 8 heteroatoms. The highest BCUT2D eigenvalue weighted by atomic mass is 79.9. The Morgan fingerprint density at radius 1 is 1.32 bits per heavy atom. The summed E-state index contributed by atoms with van der Waals surface area (Å²) in [5.41, 5.74) is 0.130. The van der Waals surface area contributed by atoms with Crippen LogP contribution in [0.15, 0.2) is 28.7 Å². The molecule has 2 rings (SSSR count). The topological polar surface area (TPSA) is 54.9 Å².